The average Bonchev–Trinajstić information content (AvgIpc) is 1.34. The number of para-hydroxylation sites is 1. The molecule has 0 spiro atoms. The Morgan fingerprint density at radius 2 is 0.862 bits per heavy atom. The number of methoxy groups -OCH3 is 1. The predicted octanol–water partition coefficient (Wildman–Crippen LogP) is 21.2. The normalized spacial score (nSPS) is 11.8. The lowest BCUT2D eigenvalue weighted by molar-refractivity contribution is 0.332. The Bertz CT molecular complexity index is 7060. The number of hydrogen-bond donors (Lipinski definition) is 11. The molecule has 0 aliphatic carbocycles. The molecule has 570 valence electrons. The number of fused-ring (bicyclic) bond motifs is 10. The van der Waals surface area contributed by atoms with E-state index in [1.165, 1.54) is 22.5 Å². The first kappa shape index (κ1) is 72.4. The highest BCUT2D eigenvalue weighted by atomic mass is 79.9. The first-order valence-corrected chi connectivity index (χ1v) is 41.6. The van der Waals surface area contributed by atoms with Gasteiger partial charge >= 0.3 is 0 Å². The molecule has 0 saturated heterocycles. The van der Waals surface area contributed by atoms with Crippen LogP contribution in [0.1, 0.15) is 11.1 Å². The van der Waals surface area contributed by atoms with Crippen molar-refractivity contribution in [2.75, 3.05) is 68.9 Å². The molecule has 8 aromatic carbocycles. The quantitative estimate of drug-likeness (QED) is 0.0335. The summed E-state index contributed by atoms with van der Waals surface area (Å²) in [6, 6.07) is 64.4. The smallest absolute Gasteiger partial charge is 0.231 e. The molecule has 1 aliphatic heterocycles. The van der Waals surface area contributed by atoms with Gasteiger partial charge in [-0.1, -0.05) is 69.7 Å². The number of benzene rings is 8. The summed E-state index contributed by atoms with van der Waals surface area (Å²) in [4.78, 5) is 44.7. The van der Waals surface area contributed by atoms with Crippen LogP contribution in [0.4, 0.5) is 80.6 Å². The highest BCUT2D eigenvalue weighted by Gasteiger charge is 2.22. The van der Waals surface area contributed by atoms with Crippen LogP contribution in [0, 0.1) is 0 Å². The molecular formula is C83H64BrN25O2S5. The maximum atomic E-state index is 5.72. The molecule has 0 unspecified atom stereocenters. The van der Waals surface area contributed by atoms with E-state index in [9.17, 15) is 0 Å². The lowest BCUT2D eigenvalue weighted by Crippen LogP contribution is -2.31. The number of halogens is 1. The zero-order chi connectivity index (χ0) is 77.7. The summed E-state index contributed by atoms with van der Waals surface area (Å²) in [5.41, 5.74) is 16.1. The summed E-state index contributed by atoms with van der Waals surface area (Å²) >= 11 is 11.5. The van der Waals surface area contributed by atoms with Crippen LogP contribution in [-0.4, -0.2) is 112 Å². The maximum absolute atomic E-state index is 5.72. The van der Waals surface area contributed by atoms with Crippen LogP contribution in [-0.2, 0) is 13.0 Å². The molecule has 0 bridgehead atoms. The minimum Gasteiger partial charge on any atom is -0.497 e. The molecule has 0 radical (unpaired) electrons. The summed E-state index contributed by atoms with van der Waals surface area (Å²) < 4.78 is 17.2. The highest BCUT2D eigenvalue weighted by molar-refractivity contribution is 9.10. The number of rotatable bonds is 19. The van der Waals surface area contributed by atoms with Crippen LogP contribution in [0.5, 0.6) is 11.5 Å². The molecule has 13 aromatic heterocycles. The first-order chi connectivity index (χ1) is 57.2. The van der Waals surface area contributed by atoms with Gasteiger partial charge in [0.15, 0.2) is 28.4 Å². The number of ether oxygens (including phenoxy) is 2. The monoisotopic (exact) mass is 1680 g/mol. The Balaban J connectivity index is 0.000000103. The second-order valence-corrected chi connectivity index (χ2v) is 32.0. The summed E-state index contributed by atoms with van der Waals surface area (Å²) in [5, 5.41) is 64.8. The molecule has 21 aromatic rings. The van der Waals surface area contributed by atoms with Crippen molar-refractivity contribution in [3.05, 3.63) is 256 Å². The molecule has 14 heterocycles. The average molecular weight is 1680 g/mol. The van der Waals surface area contributed by atoms with E-state index in [1.54, 1.807) is 64.9 Å². The zero-order valence-corrected chi connectivity index (χ0v) is 66.8. The molecule has 33 heteroatoms. The molecule has 1 aliphatic rings. The Labute approximate surface area is 687 Å². The third-order valence-electron chi connectivity index (χ3n) is 18.7. The third kappa shape index (κ3) is 16.3. The van der Waals surface area contributed by atoms with Gasteiger partial charge in [0.1, 0.15) is 18.1 Å². The van der Waals surface area contributed by atoms with Crippen molar-refractivity contribution in [3.8, 4) is 11.5 Å². The van der Waals surface area contributed by atoms with Crippen molar-refractivity contribution in [3.63, 3.8) is 0 Å². The van der Waals surface area contributed by atoms with E-state index >= 15 is 0 Å². The minimum atomic E-state index is 0.490. The van der Waals surface area contributed by atoms with E-state index < -0.39 is 0 Å². The standard InChI is InChI=1S/C22H18N6S.C21H15N7OS2.C21H18N6OS.C19H13BrN6S/c1-2-4-15-13-28(9-7-14(15)3-1)22-25-19-8-10-29-20(19)21(26-22)24-17-5-6-18-16(11-17)12-23-27-18;1-29-13-3-5-15-17(9-13)31-21(25-15)27-20-24-16-6-7-30-18(16)19(26-20)23-12-2-4-14-11(8-12)10-22-28-14;1-2-4-16(5-3-1)28-10-9-22-21-25-18-8-11-29-19(18)20(26-21)24-15-6-7-17-14(12-15)13-23-27-17;20-12-1-3-13(4-2-12)23-19-24-16-7-8-27-17(16)18(25-19)22-14-5-6-15-11(9-14)10-21-26-15/h1-6,8,10-12H,7,9,13H2,(H,23,27)(H,24,25,26);2-10H,1H3,(H,22,28)(H2,23,24,25,26,27);1-8,11-13H,9-10H2,(H,23,27)(H2,22,24,25,26);1-10H,(H,21,26)(H2,22,23,24,25). The second-order valence-electron chi connectivity index (χ2n) is 26.4. The number of thiophene rings is 4. The van der Waals surface area contributed by atoms with Crippen molar-refractivity contribution in [1.29, 1.82) is 0 Å². The van der Waals surface area contributed by atoms with Gasteiger partial charge in [0.2, 0.25) is 23.8 Å². The maximum Gasteiger partial charge on any atom is 0.231 e. The number of aromatic amines is 4. The summed E-state index contributed by atoms with van der Waals surface area (Å²) in [6.45, 7) is 2.89. The summed E-state index contributed by atoms with van der Waals surface area (Å²) in [5.74, 6) is 7.18. The van der Waals surface area contributed by atoms with Gasteiger partial charge in [0.05, 0.1) is 112 Å². The van der Waals surface area contributed by atoms with Crippen LogP contribution in [0.15, 0.2) is 245 Å². The van der Waals surface area contributed by atoms with Gasteiger partial charge in [-0.2, -0.15) is 40.3 Å². The summed E-state index contributed by atoms with van der Waals surface area (Å²) in [7, 11) is 1.66. The summed E-state index contributed by atoms with van der Waals surface area (Å²) in [6.07, 6.45) is 8.26. The van der Waals surface area contributed by atoms with Gasteiger partial charge in [-0.25, -0.2) is 24.9 Å². The van der Waals surface area contributed by atoms with Crippen molar-refractivity contribution in [2.24, 2.45) is 0 Å². The number of anilines is 14. The molecule has 0 fully saturated rings. The molecule has 0 amide bonds. The number of aromatic nitrogens is 17. The fourth-order valence-electron chi connectivity index (χ4n) is 13.1. The molecule has 116 heavy (non-hydrogen) atoms. The van der Waals surface area contributed by atoms with Crippen LogP contribution >= 0.6 is 72.6 Å². The first-order valence-electron chi connectivity index (χ1n) is 36.5. The molecule has 0 atom stereocenters. The van der Waals surface area contributed by atoms with E-state index in [0.717, 1.165) is 193 Å². The van der Waals surface area contributed by atoms with E-state index in [2.05, 4.69) is 166 Å². The van der Waals surface area contributed by atoms with Crippen molar-refractivity contribution < 1.29 is 9.47 Å². The number of nitrogens with zero attached hydrogens (tertiary/aromatic N) is 14. The fraction of sp³-hybridized carbons (Fsp3) is 0.0723. The van der Waals surface area contributed by atoms with Crippen molar-refractivity contribution in [1.82, 2.24) is 85.6 Å². The predicted molar refractivity (Wildman–Crippen MR) is 476 cm³/mol. The highest BCUT2D eigenvalue weighted by Crippen LogP contribution is 2.38. The molecule has 27 nitrogen and oxygen atoms in total. The van der Waals surface area contributed by atoms with Gasteiger partial charge in [0.25, 0.3) is 0 Å². The minimum absolute atomic E-state index is 0.490. The van der Waals surface area contributed by atoms with Gasteiger partial charge in [-0.3, -0.25) is 25.7 Å². The number of H-pyrrole nitrogens is 4. The molecule has 0 saturated carbocycles. The van der Waals surface area contributed by atoms with Crippen LogP contribution in [0.25, 0.3) is 94.7 Å². The van der Waals surface area contributed by atoms with Crippen LogP contribution in [0.2, 0.25) is 0 Å². The van der Waals surface area contributed by atoms with Crippen molar-refractivity contribution in [2.45, 2.75) is 13.0 Å². The lowest BCUT2D eigenvalue weighted by Gasteiger charge is -2.29. The molecule has 11 N–H and O–H groups in total. The van der Waals surface area contributed by atoms with Gasteiger partial charge in [0, 0.05) is 67.5 Å². The largest absolute Gasteiger partial charge is 0.497 e. The van der Waals surface area contributed by atoms with Crippen LogP contribution < -0.4 is 51.6 Å². The van der Waals surface area contributed by atoms with E-state index in [4.69, 9.17) is 29.4 Å². The lowest BCUT2D eigenvalue weighted by atomic mass is 10.0. The number of thiazole rings is 1. The van der Waals surface area contributed by atoms with E-state index in [-0.39, 0.29) is 0 Å². The SMILES string of the molecule is Brc1ccc(Nc2nc(Nc3ccc4[nH]ncc4c3)c3sccc3n2)cc1.COc1ccc2nc(Nc3nc(Nc4ccc5[nH]ncc5c4)c4sccc4n3)sc2c1.c1ccc(OCCNc2nc(Nc3ccc4[nH]ncc4c3)c3sccc3n2)cc1.c1ccc2c(c1)CCN(c1nc(Nc3ccc4[nH]ncc4c3)c3sccc3n1)C2. The Hall–Kier alpha value is -13.8. The van der Waals surface area contributed by atoms with Crippen LogP contribution in [0.3, 0.4) is 0 Å². The number of nitrogens with one attached hydrogen (secondary N) is 11. The second kappa shape index (κ2) is 32.7. The molecular weight excluding hydrogens is 1620 g/mol. The third-order valence-corrected chi connectivity index (χ3v) is 23.8. The topological polar surface area (TPSA) is 337 Å². The Morgan fingerprint density at radius 1 is 0.405 bits per heavy atom. The Morgan fingerprint density at radius 3 is 1.38 bits per heavy atom. The van der Waals surface area contributed by atoms with E-state index in [0.29, 0.717) is 31.0 Å². The number of hydrogen-bond acceptors (Lipinski definition) is 28. The van der Waals surface area contributed by atoms with Gasteiger partial charge in [-0.15, -0.1) is 45.3 Å². The molecule has 22 rings (SSSR count). The van der Waals surface area contributed by atoms with Gasteiger partial charge < -0.3 is 46.3 Å². The Kier molecular flexibility index (Phi) is 20.4. The van der Waals surface area contributed by atoms with E-state index in [1.807, 2.05) is 186 Å². The van der Waals surface area contributed by atoms with Gasteiger partial charge in [-0.05, 0) is 191 Å². The van der Waals surface area contributed by atoms with Crippen molar-refractivity contribution >= 4 is 248 Å². The fourth-order valence-corrected chi connectivity index (χ4v) is 17.4. The zero-order valence-electron chi connectivity index (χ0n) is 61.1.